The second kappa shape index (κ2) is 6.13. The largest absolute Gasteiger partial charge is 0.366 e. The molecule has 128 valence electrons. The minimum Gasteiger partial charge on any atom is -0.366 e. The lowest BCUT2D eigenvalue weighted by Gasteiger charge is -2.07. The Morgan fingerprint density at radius 1 is 1.08 bits per heavy atom. The summed E-state index contributed by atoms with van der Waals surface area (Å²) in [6, 6.07) is 13.8. The van der Waals surface area contributed by atoms with Gasteiger partial charge in [-0.3, -0.25) is 4.79 Å². The Hall–Kier alpha value is -4.01. The Morgan fingerprint density at radius 3 is 2.62 bits per heavy atom. The Labute approximate surface area is 146 Å². The summed E-state index contributed by atoms with van der Waals surface area (Å²) in [7, 11) is 0. The summed E-state index contributed by atoms with van der Waals surface area (Å²) < 4.78 is 1.37. The molecule has 4 aromatic rings. The molecule has 2 heterocycles. The lowest BCUT2D eigenvalue weighted by Crippen LogP contribution is -2.18. The molecule has 0 aliphatic rings. The monoisotopic (exact) mass is 347 g/mol. The van der Waals surface area contributed by atoms with Crippen LogP contribution in [0.1, 0.15) is 10.4 Å². The number of imidazole rings is 1. The number of carbonyl (C=O) groups excluding carboxylic acids is 1. The number of amides is 1. The fourth-order valence-electron chi connectivity index (χ4n) is 2.56. The van der Waals surface area contributed by atoms with Crippen LogP contribution in [-0.4, -0.2) is 30.4 Å². The van der Waals surface area contributed by atoms with Gasteiger partial charge < -0.3 is 16.0 Å². The number of rotatable bonds is 4. The van der Waals surface area contributed by atoms with E-state index in [0.717, 1.165) is 0 Å². The van der Waals surface area contributed by atoms with E-state index >= 15 is 0 Å². The van der Waals surface area contributed by atoms with Crippen LogP contribution < -0.4 is 16.7 Å². The lowest BCUT2D eigenvalue weighted by atomic mass is 10.2. The highest BCUT2D eigenvalue weighted by molar-refractivity contribution is 5.93. The maximum Gasteiger partial charge on any atom is 0.333 e. The average Bonchev–Trinajstić information content (AvgIpc) is 2.98. The smallest absolute Gasteiger partial charge is 0.333 e. The van der Waals surface area contributed by atoms with Crippen molar-refractivity contribution < 1.29 is 4.79 Å². The predicted molar refractivity (Wildman–Crippen MR) is 95.5 cm³/mol. The molecular formula is C17H13N7O2. The van der Waals surface area contributed by atoms with Gasteiger partial charge in [-0.25, -0.2) is 19.3 Å². The highest BCUT2D eigenvalue weighted by atomic mass is 16.1. The number of aromatic nitrogens is 5. The topological polar surface area (TPSA) is 132 Å². The summed E-state index contributed by atoms with van der Waals surface area (Å²) in [6.07, 6.45) is 1.32. The van der Waals surface area contributed by atoms with Gasteiger partial charge in [0.25, 0.3) is 0 Å². The van der Waals surface area contributed by atoms with E-state index < -0.39 is 5.91 Å². The van der Waals surface area contributed by atoms with Gasteiger partial charge >= 0.3 is 5.69 Å². The number of hydrogen-bond donors (Lipinski definition) is 3. The van der Waals surface area contributed by atoms with Crippen LogP contribution in [0.3, 0.4) is 0 Å². The average molecular weight is 347 g/mol. The number of carbonyl (C=O) groups is 1. The molecule has 2 aromatic carbocycles. The number of nitrogens with zero attached hydrogens (tertiary/aromatic N) is 4. The van der Waals surface area contributed by atoms with Gasteiger partial charge in [-0.05, 0) is 36.4 Å². The molecule has 9 nitrogen and oxygen atoms in total. The number of fused-ring (bicyclic) bond motifs is 1. The predicted octanol–water partition coefficient (Wildman–Crippen LogP) is 1.35. The van der Waals surface area contributed by atoms with Crippen LogP contribution >= 0.6 is 0 Å². The summed E-state index contributed by atoms with van der Waals surface area (Å²) in [4.78, 5) is 38.6. The van der Waals surface area contributed by atoms with Crippen molar-refractivity contribution in [1.82, 2.24) is 24.5 Å². The van der Waals surface area contributed by atoms with Gasteiger partial charge in [0.1, 0.15) is 6.33 Å². The first-order chi connectivity index (χ1) is 12.6. The molecular weight excluding hydrogens is 334 g/mol. The van der Waals surface area contributed by atoms with Crippen LogP contribution in [-0.2, 0) is 0 Å². The first-order valence-corrected chi connectivity index (χ1v) is 7.68. The highest BCUT2D eigenvalue weighted by Gasteiger charge is 2.11. The van der Waals surface area contributed by atoms with Crippen molar-refractivity contribution in [2.75, 3.05) is 5.32 Å². The van der Waals surface area contributed by atoms with Gasteiger partial charge in [0.05, 0.1) is 11.0 Å². The Morgan fingerprint density at radius 2 is 1.85 bits per heavy atom. The van der Waals surface area contributed by atoms with Gasteiger partial charge in [-0.1, -0.05) is 12.1 Å². The maximum absolute atomic E-state index is 12.3. The van der Waals surface area contributed by atoms with E-state index in [0.29, 0.717) is 22.3 Å². The quantitative estimate of drug-likeness (QED) is 0.510. The fourth-order valence-corrected chi connectivity index (χ4v) is 2.56. The minimum atomic E-state index is -0.502. The van der Waals surface area contributed by atoms with Crippen molar-refractivity contribution in [3.05, 3.63) is 70.9 Å². The molecule has 26 heavy (non-hydrogen) atoms. The van der Waals surface area contributed by atoms with E-state index in [1.54, 1.807) is 36.4 Å². The number of aromatic amines is 1. The summed E-state index contributed by atoms with van der Waals surface area (Å²) in [5.74, 6) is -0.0459. The number of nitrogens with one attached hydrogen (secondary N) is 2. The second-order valence-electron chi connectivity index (χ2n) is 5.46. The Kier molecular flexibility index (Phi) is 3.66. The van der Waals surface area contributed by atoms with Crippen molar-refractivity contribution in [3.8, 4) is 5.95 Å². The van der Waals surface area contributed by atoms with Gasteiger partial charge in [-0.15, -0.1) is 0 Å². The SMILES string of the molecule is NC(=O)c1ccc(Nc2ncnc(-n3c(=O)[nH]c4ccccc43)n2)cc1. The molecule has 0 fully saturated rings. The molecule has 9 heteroatoms. The molecule has 0 radical (unpaired) electrons. The van der Waals surface area contributed by atoms with Gasteiger partial charge in [0.2, 0.25) is 17.8 Å². The molecule has 2 aromatic heterocycles. The molecule has 0 bridgehead atoms. The van der Waals surface area contributed by atoms with Crippen LogP contribution in [0.25, 0.3) is 17.0 Å². The van der Waals surface area contributed by atoms with Gasteiger partial charge in [0, 0.05) is 11.3 Å². The Bertz CT molecular complexity index is 1160. The number of nitrogens with two attached hydrogens (primary N) is 1. The van der Waals surface area contributed by atoms with E-state index in [1.165, 1.54) is 10.9 Å². The third kappa shape index (κ3) is 2.77. The summed E-state index contributed by atoms with van der Waals surface area (Å²) in [5.41, 5.74) is 7.31. The number of benzene rings is 2. The first kappa shape index (κ1) is 15.5. The normalized spacial score (nSPS) is 10.8. The minimum absolute atomic E-state index is 0.193. The van der Waals surface area contributed by atoms with Crippen LogP contribution in [0.15, 0.2) is 59.7 Å². The number of hydrogen-bond acceptors (Lipinski definition) is 6. The molecule has 0 saturated carbocycles. The molecule has 0 saturated heterocycles. The van der Waals surface area contributed by atoms with E-state index in [-0.39, 0.29) is 17.6 Å². The molecule has 0 aliphatic carbocycles. The van der Waals surface area contributed by atoms with Crippen molar-refractivity contribution in [2.24, 2.45) is 5.73 Å². The van der Waals surface area contributed by atoms with Gasteiger partial charge in [-0.2, -0.15) is 4.98 Å². The maximum atomic E-state index is 12.3. The summed E-state index contributed by atoms with van der Waals surface area (Å²) >= 11 is 0. The first-order valence-electron chi connectivity index (χ1n) is 7.68. The third-order valence-corrected chi connectivity index (χ3v) is 3.77. The Balaban J connectivity index is 1.69. The third-order valence-electron chi connectivity index (χ3n) is 3.77. The van der Waals surface area contributed by atoms with Crippen molar-refractivity contribution in [1.29, 1.82) is 0 Å². The molecule has 0 unspecified atom stereocenters. The molecule has 0 atom stereocenters. The number of anilines is 2. The second-order valence-corrected chi connectivity index (χ2v) is 5.46. The van der Waals surface area contributed by atoms with Crippen LogP contribution in [0.5, 0.6) is 0 Å². The van der Waals surface area contributed by atoms with E-state index in [4.69, 9.17) is 5.73 Å². The zero-order valence-corrected chi connectivity index (χ0v) is 13.4. The van der Waals surface area contributed by atoms with Crippen LogP contribution in [0, 0.1) is 0 Å². The number of H-pyrrole nitrogens is 1. The standard InChI is InChI=1S/C17H13N7O2/c18-14(25)10-5-7-11(8-6-10)21-15-19-9-20-16(23-15)24-13-4-2-1-3-12(13)22-17(24)26/h1-9H,(H2,18,25)(H,22,26)(H,19,20,21,23). The lowest BCUT2D eigenvalue weighted by molar-refractivity contribution is 0.100. The molecule has 4 rings (SSSR count). The van der Waals surface area contributed by atoms with E-state index in [1.807, 2.05) is 12.1 Å². The van der Waals surface area contributed by atoms with Crippen molar-refractivity contribution in [3.63, 3.8) is 0 Å². The molecule has 0 aliphatic heterocycles. The number of primary amides is 1. The van der Waals surface area contributed by atoms with Crippen LogP contribution in [0.2, 0.25) is 0 Å². The zero-order chi connectivity index (χ0) is 18.1. The van der Waals surface area contributed by atoms with Crippen molar-refractivity contribution in [2.45, 2.75) is 0 Å². The fraction of sp³-hybridized carbons (Fsp3) is 0. The molecule has 4 N–H and O–H groups in total. The number of para-hydroxylation sites is 2. The van der Waals surface area contributed by atoms with Gasteiger partial charge in [0.15, 0.2) is 0 Å². The summed E-state index contributed by atoms with van der Waals surface area (Å²) in [5, 5.41) is 3.00. The van der Waals surface area contributed by atoms with Crippen molar-refractivity contribution >= 4 is 28.6 Å². The van der Waals surface area contributed by atoms with E-state index in [9.17, 15) is 9.59 Å². The molecule has 1 amide bonds. The molecule has 0 spiro atoms. The van der Waals surface area contributed by atoms with E-state index in [2.05, 4.69) is 25.3 Å². The summed E-state index contributed by atoms with van der Waals surface area (Å²) in [6.45, 7) is 0. The van der Waals surface area contributed by atoms with Crippen LogP contribution in [0.4, 0.5) is 11.6 Å². The highest BCUT2D eigenvalue weighted by Crippen LogP contribution is 2.16. The zero-order valence-electron chi connectivity index (χ0n) is 13.4.